The molecule has 1 aromatic carbocycles. The molecule has 1 amide bonds. The normalized spacial score (nSPS) is 15.6. The number of benzene rings is 1. The number of nitrogens with zero attached hydrogens (tertiary/aromatic N) is 2. The van der Waals surface area contributed by atoms with Crippen molar-refractivity contribution in [1.29, 1.82) is 0 Å². The Morgan fingerprint density at radius 3 is 2.50 bits per heavy atom. The van der Waals surface area contributed by atoms with Gasteiger partial charge in [-0.05, 0) is 26.0 Å². The monoisotopic (exact) mass is 266 g/mol. The van der Waals surface area contributed by atoms with Crippen LogP contribution in [-0.2, 0) is 4.79 Å². The minimum absolute atomic E-state index is 0.0954. The topological polar surface area (TPSA) is 23.6 Å². The van der Waals surface area contributed by atoms with Gasteiger partial charge in [-0.1, -0.05) is 12.1 Å². The van der Waals surface area contributed by atoms with E-state index in [1.807, 2.05) is 50.1 Å². The molecule has 3 nitrogen and oxygen atoms in total. The van der Waals surface area contributed by atoms with Crippen LogP contribution < -0.4 is 9.80 Å². The van der Waals surface area contributed by atoms with Crippen molar-refractivity contribution in [2.24, 2.45) is 5.41 Å². The first-order valence-electron chi connectivity index (χ1n) is 6.15. The summed E-state index contributed by atoms with van der Waals surface area (Å²) in [6.45, 7) is 5.35. The highest BCUT2D eigenvalue weighted by Crippen LogP contribution is 2.34. The number of carbonyl (C=O) groups is 1. The maximum absolute atomic E-state index is 12.5. The first kappa shape index (κ1) is 13.2. The number of fused-ring (bicyclic) bond motifs is 1. The highest BCUT2D eigenvalue weighted by Gasteiger charge is 2.34. The number of alkyl halides is 1. The van der Waals surface area contributed by atoms with E-state index in [1.54, 1.807) is 0 Å². The summed E-state index contributed by atoms with van der Waals surface area (Å²) < 4.78 is 0. The third kappa shape index (κ3) is 2.19. The molecule has 0 saturated heterocycles. The van der Waals surface area contributed by atoms with Gasteiger partial charge < -0.3 is 9.80 Å². The van der Waals surface area contributed by atoms with E-state index in [-0.39, 0.29) is 5.91 Å². The lowest BCUT2D eigenvalue weighted by Gasteiger charge is -2.38. The number of halogens is 1. The van der Waals surface area contributed by atoms with Gasteiger partial charge in [0.1, 0.15) is 0 Å². The Hall–Kier alpha value is -1.22. The Labute approximate surface area is 113 Å². The van der Waals surface area contributed by atoms with Gasteiger partial charge in [0.05, 0.1) is 16.8 Å². The molecule has 0 N–H and O–H groups in total. The average Bonchev–Trinajstić information content (AvgIpc) is 2.39. The smallest absolute Gasteiger partial charge is 0.233 e. The Balaban J connectivity index is 2.38. The summed E-state index contributed by atoms with van der Waals surface area (Å²) in [6.07, 6.45) is 0. The first-order valence-corrected chi connectivity index (χ1v) is 6.69. The summed E-state index contributed by atoms with van der Waals surface area (Å²) in [5, 5.41) is 0. The lowest BCUT2D eigenvalue weighted by molar-refractivity contribution is -0.125. The fourth-order valence-electron chi connectivity index (χ4n) is 2.14. The number of hydrogen-bond acceptors (Lipinski definition) is 2. The molecule has 1 aliphatic rings. The van der Waals surface area contributed by atoms with E-state index in [0.717, 1.165) is 17.9 Å². The second-order valence-electron chi connectivity index (χ2n) is 5.38. The van der Waals surface area contributed by atoms with Gasteiger partial charge >= 0.3 is 0 Å². The standard InChI is InChI=1S/C14H19ClN2O/c1-14(2,10-15)13(18)17-9-8-16(3)11-6-4-5-7-12(11)17/h4-7H,8-10H2,1-3H3. The molecule has 0 radical (unpaired) electrons. The van der Waals surface area contributed by atoms with Gasteiger partial charge in [-0.2, -0.15) is 0 Å². The lowest BCUT2D eigenvalue weighted by Crippen LogP contribution is -2.48. The van der Waals surface area contributed by atoms with E-state index in [4.69, 9.17) is 11.6 Å². The second-order valence-corrected chi connectivity index (χ2v) is 5.65. The van der Waals surface area contributed by atoms with Crippen LogP contribution in [0.2, 0.25) is 0 Å². The van der Waals surface area contributed by atoms with Gasteiger partial charge in [-0.15, -0.1) is 11.6 Å². The molecule has 98 valence electrons. The van der Waals surface area contributed by atoms with Crippen LogP contribution in [0.4, 0.5) is 11.4 Å². The van der Waals surface area contributed by atoms with Crippen LogP contribution in [0.3, 0.4) is 0 Å². The summed E-state index contributed by atoms with van der Waals surface area (Å²) in [5.74, 6) is 0.429. The first-order chi connectivity index (χ1) is 8.47. The average molecular weight is 267 g/mol. The molecule has 18 heavy (non-hydrogen) atoms. The molecule has 0 atom stereocenters. The molecule has 0 bridgehead atoms. The van der Waals surface area contributed by atoms with Crippen LogP contribution in [0.5, 0.6) is 0 Å². The molecular weight excluding hydrogens is 248 g/mol. The molecule has 0 unspecified atom stereocenters. The predicted molar refractivity (Wildman–Crippen MR) is 76.6 cm³/mol. The van der Waals surface area contributed by atoms with Crippen LogP contribution in [0.15, 0.2) is 24.3 Å². The molecule has 0 fully saturated rings. The van der Waals surface area contributed by atoms with Crippen molar-refractivity contribution in [3.8, 4) is 0 Å². The maximum atomic E-state index is 12.5. The molecule has 0 saturated carbocycles. The molecule has 0 aromatic heterocycles. The molecule has 1 aliphatic heterocycles. The SMILES string of the molecule is CN1CCN(C(=O)C(C)(C)CCl)c2ccccc21. The zero-order valence-corrected chi connectivity index (χ0v) is 11.9. The third-order valence-electron chi connectivity index (χ3n) is 3.40. The van der Waals surface area contributed by atoms with Crippen molar-refractivity contribution < 1.29 is 4.79 Å². The van der Waals surface area contributed by atoms with Crippen molar-refractivity contribution >= 4 is 28.9 Å². The van der Waals surface area contributed by atoms with Crippen LogP contribution in [0.1, 0.15) is 13.8 Å². The highest BCUT2D eigenvalue weighted by atomic mass is 35.5. The van der Waals surface area contributed by atoms with Crippen LogP contribution in [-0.4, -0.2) is 31.9 Å². The Morgan fingerprint density at radius 2 is 1.89 bits per heavy atom. The number of amides is 1. The Bertz CT molecular complexity index is 459. The van der Waals surface area contributed by atoms with Crippen LogP contribution in [0.25, 0.3) is 0 Å². The van der Waals surface area contributed by atoms with Crippen molar-refractivity contribution in [1.82, 2.24) is 0 Å². The van der Waals surface area contributed by atoms with E-state index in [0.29, 0.717) is 12.4 Å². The van der Waals surface area contributed by atoms with Gasteiger partial charge in [-0.25, -0.2) is 0 Å². The van der Waals surface area contributed by atoms with Gasteiger partial charge in [0.15, 0.2) is 0 Å². The number of likely N-dealkylation sites (N-methyl/N-ethyl adjacent to an activating group) is 1. The minimum atomic E-state index is -0.523. The number of anilines is 2. The van der Waals surface area contributed by atoms with E-state index in [9.17, 15) is 4.79 Å². The zero-order valence-electron chi connectivity index (χ0n) is 11.1. The van der Waals surface area contributed by atoms with E-state index in [1.165, 1.54) is 0 Å². The minimum Gasteiger partial charge on any atom is -0.371 e. The van der Waals surface area contributed by atoms with Gasteiger partial charge in [0, 0.05) is 26.0 Å². The van der Waals surface area contributed by atoms with Crippen LogP contribution >= 0.6 is 11.6 Å². The summed E-state index contributed by atoms with van der Waals surface area (Å²) in [5.41, 5.74) is 1.56. The predicted octanol–water partition coefficient (Wildman–Crippen LogP) is 2.73. The van der Waals surface area contributed by atoms with Crippen molar-refractivity contribution in [3.05, 3.63) is 24.3 Å². The Morgan fingerprint density at radius 1 is 1.28 bits per heavy atom. The summed E-state index contributed by atoms with van der Waals surface area (Å²) in [6, 6.07) is 8.00. The van der Waals surface area contributed by atoms with Gasteiger partial charge in [0.25, 0.3) is 0 Å². The van der Waals surface area contributed by atoms with Crippen molar-refractivity contribution in [2.45, 2.75) is 13.8 Å². The van der Waals surface area contributed by atoms with Crippen molar-refractivity contribution in [2.75, 3.05) is 35.8 Å². The van der Waals surface area contributed by atoms with E-state index in [2.05, 4.69) is 4.90 Å². The highest BCUT2D eigenvalue weighted by molar-refractivity contribution is 6.20. The zero-order chi connectivity index (χ0) is 13.3. The number of carbonyl (C=O) groups excluding carboxylic acids is 1. The summed E-state index contributed by atoms with van der Waals surface area (Å²) in [4.78, 5) is 16.6. The molecular formula is C14H19ClN2O. The summed E-state index contributed by atoms with van der Waals surface area (Å²) >= 11 is 5.91. The quantitative estimate of drug-likeness (QED) is 0.769. The Kier molecular flexibility index (Phi) is 3.53. The lowest BCUT2D eigenvalue weighted by atomic mass is 9.93. The number of rotatable bonds is 2. The van der Waals surface area contributed by atoms with Gasteiger partial charge in [-0.3, -0.25) is 4.79 Å². The molecule has 2 rings (SSSR count). The largest absolute Gasteiger partial charge is 0.371 e. The number of para-hydroxylation sites is 2. The third-order valence-corrected chi connectivity index (χ3v) is 4.07. The van der Waals surface area contributed by atoms with Gasteiger partial charge in [0.2, 0.25) is 5.91 Å². The summed E-state index contributed by atoms with van der Waals surface area (Å²) in [7, 11) is 2.05. The second kappa shape index (κ2) is 4.81. The van der Waals surface area contributed by atoms with E-state index >= 15 is 0 Å². The maximum Gasteiger partial charge on any atom is 0.233 e. The fourth-order valence-corrected chi connectivity index (χ4v) is 2.25. The number of hydrogen-bond donors (Lipinski definition) is 0. The molecule has 4 heteroatoms. The molecule has 0 spiro atoms. The fraction of sp³-hybridized carbons (Fsp3) is 0.500. The van der Waals surface area contributed by atoms with E-state index < -0.39 is 5.41 Å². The molecule has 1 heterocycles. The van der Waals surface area contributed by atoms with Crippen molar-refractivity contribution in [3.63, 3.8) is 0 Å². The van der Waals surface area contributed by atoms with Crippen LogP contribution in [0, 0.1) is 5.41 Å². The molecule has 0 aliphatic carbocycles. The molecule has 1 aromatic rings.